The Bertz CT molecular complexity index is 950. The van der Waals surface area contributed by atoms with E-state index in [-0.39, 0.29) is 10.8 Å². The van der Waals surface area contributed by atoms with Crippen LogP contribution in [0, 0.1) is 6.92 Å². The molecule has 5 nitrogen and oxygen atoms in total. The first-order chi connectivity index (χ1) is 12.4. The second-order valence-corrected chi connectivity index (χ2v) is 9.74. The molecule has 0 unspecified atom stereocenters. The number of hydrogen-bond donors (Lipinski definition) is 1. The first-order valence-electron chi connectivity index (χ1n) is 8.53. The molecule has 146 valence electrons. The van der Waals surface area contributed by atoms with Gasteiger partial charge in [0.25, 0.3) is 5.91 Å². The van der Waals surface area contributed by atoms with Gasteiger partial charge in [-0.3, -0.25) is 4.79 Å². The van der Waals surface area contributed by atoms with Crippen molar-refractivity contribution in [3.63, 3.8) is 0 Å². The van der Waals surface area contributed by atoms with Gasteiger partial charge in [0.1, 0.15) is 0 Å². The molecule has 0 heterocycles. The van der Waals surface area contributed by atoms with Crippen molar-refractivity contribution in [1.82, 2.24) is 9.62 Å². The zero-order valence-electron chi connectivity index (χ0n) is 16.2. The van der Waals surface area contributed by atoms with Crippen LogP contribution in [0.25, 0.3) is 0 Å². The summed E-state index contributed by atoms with van der Waals surface area (Å²) in [6, 6.07) is 11.9. The first-order valence-corrected chi connectivity index (χ1v) is 10.4. The number of carbonyl (C=O) groups is 1. The standard InChI is InChI=1S/C20H25ClN2O3S/c1-14-9-10-17(27(25,26)22-20(2,3)4)12-18(14)19(24)23(5)13-15-7-6-8-16(21)11-15/h6-12,22H,13H2,1-5H3. The Morgan fingerprint density at radius 1 is 1.15 bits per heavy atom. The quantitative estimate of drug-likeness (QED) is 0.813. The van der Waals surface area contributed by atoms with Crippen molar-refractivity contribution < 1.29 is 13.2 Å². The number of carbonyl (C=O) groups excluding carboxylic acids is 1. The summed E-state index contributed by atoms with van der Waals surface area (Å²) < 4.78 is 27.8. The summed E-state index contributed by atoms with van der Waals surface area (Å²) in [7, 11) is -2.04. The van der Waals surface area contributed by atoms with E-state index >= 15 is 0 Å². The van der Waals surface area contributed by atoms with E-state index in [1.165, 1.54) is 12.1 Å². The number of halogens is 1. The predicted molar refractivity (Wildman–Crippen MR) is 109 cm³/mol. The Kier molecular flexibility index (Phi) is 6.35. The highest BCUT2D eigenvalue weighted by Gasteiger charge is 2.24. The number of nitrogens with one attached hydrogen (secondary N) is 1. The average Bonchev–Trinajstić information content (AvgIpc) is 2.52. The first kappa shape index (κ1) is 21.4. The number of hydrogen-bond acceptors (Lipinski definition) is 3. The zero-order chi connectivity index (χ0) is 20.4. The fraction of sp³-hybridized carbons (Fsp3) is 0.350. The predicted octanol–water partition coefficient (Wildman–Crippen LogP) is 4.00. The van der Waals surface area contributed by atoms with Gasteiger partial charge in [-0.1, -0.05) is 29.8 Å². The van der Waals surface area contributed by atoms with Gasteiger partial charge in [0, 0.05) is 29.7 Å². The Labute approximate surface area is 166 Å². The monoisotopic (exact) mass is 408 g/mol. The lowest BCUT2D eigenvalue weighted by Crippen LogP contribution is -2.40. The molecule has 2 aromatic carbocycles. The van der Waals surface area contributed by atoms with Gasteiger partial charge in [0.2, 0.25) is 10.0 Å². The van der Waals surface area contributed by atoms with Crippen LogP contribution >= 0.6 is 11.6 Å². The van der Waals surface area contributed by atoms with Crippen LogP contribution in [0.1, 0.15) is 42.3 Å². The highest BCUT2D eigenvalue weighted by molar-refractivity contribution is 7.89. The van der Waals surface area contributed by atoms with Gasteiger partial charge in [-0.05, 0) is 63.1 Å². The molecule has 0 radical (unpaired) electrons. The van der Waals surface area contributed by atoms with Gasteiger partial charge in [-0.25, -0.2) is 13.1 Å². The molecule has 0 fully saturated rings. The van der Waals surface area contributed by atoms with Crippen LogP contribution in [-0.4, -0.2) is 31.8 Å². The van der Waals surface area contributed by atoms with Crippen LogP contribution in [0.2, 0.25) is 5.02 Å². The van der Waals surface area contributed by atoms with E-state index < -0.39 is 15.6 Å². The third-order valence-corrected chi connectivity index (χ3v) is 5.84. The molecule has 0 aliphatic carbocycles. The minimum atomic E-state index is -3.72. The highest BCUT2D eigenvalue weighted by atomic mass is 35.5. The van der Waals surface area contributed by atoms with Gasteiger partial charge in [0.15, 0.2) is 0 Å². The van der Waals surface area contributed by atoms with Crippen LogP contribution in [0.5, 0.6) is 0 Å². The lowest BCUT2D eigenvalue weighted by Gasteiger charge is -2.22. The van der Waals surface area contributed by atoms with E-state index in [0.717, 1.165) is 5.56 Å². The maximum absolute atomic E-state index is 12.9. The molecule has 7 heteroatoms. The normalized spacial score (nSPS) is 12.1. The van der Waals surface area contributed by atoms with Gasteiger partial charge in [-0.15, -0.1) is 0 Å². The van der Waals surface area contributed by atoms with Crippen molar-refractivity contribution in [2.24, 2.45) is 0 Å². The van der Waals surface area contributed by atoms with Gasteiger partial charge in [-0.2, -0.15) is 0 Å². The summed E-state index contributed by atoms with van der Waals surface area (Å²) in [6.45, 7) is 7.46. The lowest BCUT2D eigenvalue weighted by atomic mass is 10.1. The van der Waals surface area contributed by atoms with Crippen molar-refractivity contribution in [2.75, 3.05) is 7.05 Å². The van der Waals surface area contributed by atoms with Gasteiger partial charge < -0.3 is 4.90 Å². The molecule has 0 saturated carbocycles. The molecule has 27 heavy (non-hydrogen) atoms. The second kappa shape index (κ2) is 8.00. The van der Waals surface area contributed by atoms with E-state index in [9.17, 15) is 13.2 Å². The van der Waals surface area contributed by atoms with Crippen LogP contribution in [0.15, 0.2) is 47.4 Å². The second-order valence-electron chi connectivity index (χ2n) is 7.62. The molecule has 0 bridgehead atoms. The number of aryl methyl sites for hydroxylation is 1. The zero-order valence-corrected chi connectivity index (χ0v) is 17.8. The molecule has 0 saturated heterocycles. The van der Waals surface area contributed by atoms with E-state index in [1.807, 2.05) is 12.1 Å². The summed E-state index contributed by atoms with van der Waals surface area (Å²) in [5.41, 5.74) is 1.36. The Morgan fingerprint density at radius 2 is 1.81 bits per heavy atom. The van der Waals surface area contributed by atoms with Gasteiger partial charge in [0.05, 0.1) is 4.90 Å². The molecule has 1 amide bonds. The van der Waals surface area contributed by atoms with E-state index in [4.69, 9.17) is 11.6 Å². The Balaban J connectivity index is 2.30. The molecule has 2 aromatic rings. The summed E-state index contributed by atoms with van der Waals surface area (Å²) in [5.74, 6) is -0.250. The summed E-state index contributed by atoms with van der Waals surface area (Å²) in [5, 5.41) is 0.603. The summed E-state index contributed by atoms with van der Waals surface area (Å²) >= 11 is 6.00. The van der Waals surface area contributed by atoms with Gasteiger partial charge >= 0.3 is 0 Å². The number of nitrogens with zero attached hydrogens (tertiary/aromatic N) is 1. The minimum absolute atomic E-state index is 0.0718. The summed E-state index contributed by atoms with van der Waals surface area (Å²) in [6.07, 6.45) is 0. The number of benzene rings is 2. The van der Waals surface area contributed by atoms with Crippen LogP contribution in [0.3, 0.4) is 0 Å². The molecule has 1 N–H and O–H groups in total. The van der Waals surface area contributed by atoms with Crippen LogP contribution < -0.4 is 4.72 Å². The van der Waals surface area contributed by atoms with E-state index in [0.29, 0.717) is 22.7 Å². The fourth-order valence-corrected chi connectivity index (χ4v) is 4.30. The number of amides is 1. The maximum Gasteiger partial charge on any atom is 0.254 e. The van der Waals surface area contributed by atoms with Crippen LogP contribution in [-0.2, 0) is 16.6 Å². The molecule has 0 aliphatic rings. The fourth-order valence-electron chi connectivity index (χ4n) is 2.65. The van der Waals surface area contributed by atoms with Crippen molar-refractivity contribution in [3.8, 4) is 0 Å². The largest absolute Gasteiger partial charge is 0.337 e. The molecular formula is C20H25ClN2O3S. The molecule has 0 aromatic heterocycles. The smallest absolute Gasteiger partial charge is 0.254 e. The highest BCUT2D eigenvalue weighted by Crippen LogP contribution is 2.20. The van der Waals surface area contributed by atoms with Crippen molar-refractivity contribution in [3.05, 3.63) is 64.2 Å². The third kappa shape index (κ3) is 5.79. The van der Waals surface area contributed by atoms with Crippen molar-refractivity contribution in [2.45, 2.75) is 44.7 Å². The number of rotatable bonds is 5. The molecule has 0 aliphatic heterocycles. The molecule has 0 spiro atoms. The average molecular weight is 409 g/mol. The molecule has 0 atom stereocenters. The minimum Gasteiger partial charge on any atom is -0.337 e. The number of sulfonamides is 1. The maximum atomic E-state index is 12.9. The topological polar surface area (TPSA) is 66.5 Å². The molecule has 2 rings (SSSR count). The third-order valence-electron chi connectivity index (χ3n) is 3.85. The van der Waals surface area contributed by atoms with Crippen molar-refractivity contribution >= 4 is 27.5 Å². The SMILES string of the molecule is Cc1ccc(S(=O)(=O)NC(C)(C)C)cc1C(=O)N(C)Cc1cccc(Cl)c1. The Morgan fingerprint density at radius 3 is 2.41 bits per heavy atom. The van der Waals surface area contributed by atoms with Crippen LogP contribution in [0.4, 0.5) is 0 Å². The van der Waals surface area contributed by atoms with E-state index in [2.05, 4.69) is 4.72 Å². The summed E-state index contributed by atoms with van der Waals surface area (Å²) in [4.78, 5) is 14.5. The molecular weight excluding hydrogens is 384 g/mol. The van der Waals surface area contributed by atoms with E-state index in [1.54, 1.807) is 57.8 Å². The Hall–Kier alpha value is -1.89. The van der Waals surface area contributed by atoms with Crippen molar-refractivity contribution in [1.29, 1.82) is 0 Å². The lowest BCUT2D eigenvalue weighted by molar-refractivity contribution is 0.0784.